The molecular weight excluding hydrogens is 293 g/mol. The van der Waals surface area contributed by atoms with Gasteiger partial charge in [0.05, 0.1) is 5.52 Å². The Morgan fingerprint density at radius 2 is 1.87 bits per heavy atom. The van der Waals surface area contributed by atoms with Gasteiger partial charge < -0.3 is 5.32 Å². The number of hydrogen-bond donors (Lipinski definition) is 1. The van der Waals surface area contributed by atoms with Crippen molar-refractivity contribution in [2.24, 2.45) is 0 Å². The minimum Gasteiger partial charge on any atom is -0.325 e. The number of halogens is 1. The topological polar surface area (TPSA) is 55.1 Å². The average molecular weight is 307 g/mol. The summed E-state index contributed by atoms with van der Waals surface area (Å²) in [5.41, 5.74) is 2.77. The first-order valence-electron chi connectivity index (χ1n) is 7.27. The van der Waals surface area contributed by atoms with E-state index < -0.39 is 0 Å². The monoisotopic (exact) mass is 307 g/mol. The average Bonchev–Trinajstić information content (AvgIpc) is 2.94. The van der Waals surface area contributed by atoms with Gasteiger partial charge in [-0.3, -0.25) is 0 Å². The van der Waals surface area contributed by atoms with Crippen molar-refractivity contribution in [3.63, 3.8) is 0 Å². The molecule has 0 atom stereocenters. The van der Waals surface area contributed by atoms with Crippen molar-refractivity contribution in [2.75, 3.05) is 5.32 Å². The first kappa shape index (κ1) is 13.6. The third kappa shape index (κ3) is 2.19. The zero-order chi connectivity index (χ0) is 16.0. The van der Waals surface area contributed by atoms with E-state index in [0.717, 1.165) is 16.6 Å². The smallest absolute Gasteiger partial charge is 0.215 e. The predicted molar refractivity (Wildman–Crippen MR) is 87.4 cm³/mol. The Kier molecular flexibility index (Phi) is 2.97. The molecule has 2 heterocycles. The lowest BCUT2D eigenvalue weighted by Crippen LogP contribution is -2.04. The zero-order valence-electron chi connectivity index (χ0n) is 12.7. The first-order chi connectivity index (χ1) is 11.1. The molecule has 0 saturated heterocycles. The summed E-state index contributed by atoms with van der Waals surface area (Å²) < 4.78 is 15.6. The van der Waals surface area contributed by atoms with Crippen molar-refractivity contribution in [1.82, 2.24) is 19.6 Å². The number of aryl methyl sites for hydroxylation is 2. The van der Waals surface area contributed by atoms with Crippen molar-refractivity contribution in [3.8, 4) is 0 Å². The van der Waals surface area contributed by atoms with Crippen LogP contribution < -0.4 is 5.32 Å². The number of nitrogens with zero attached hydrogens (tertiary/aromatic N) is 4. The van der Waals surface area contributed by atoms with Crippen LogP contribution in [0.3, 0.4) is 0 Å². The number of benzene rings is 2. The van der Waals surface area contributed by atoms with E-state index in [1.165, 1.54) is 6.07 Å². The summed E-state index contributed by atoms with van der Waals surface area (Å²) in [4.78, 5) is 4.63. The Labute approximate surface area is 131 Å². The number of rotatable bonds is 2. The van der Waals surface area contributed by atoms with Crippen molar-refractivity contribution in [1.29, 1.82) is 0 Å². The van der Waals surface area contributed by atoms with Gasteiger partial charge in [0.15, 0.2) is 5.65 Å². The van der Waals surface area contributed by atoms with Gasteiger partial charge in [-0.25, -0.2) is 13.8 Å². The molecule has 0 saturated carbocycles. The number of nitrogens with one attached hydrogen (secondary N) is 1. The first-order valence-corrected chi connectivity index (χ1v) is 7.27. The summed E-state index contributed by atoms with van der Waals surface area (Å²) in [7, 11) is 0. The normalized spacial score (nSPS) is 11.3. The van der Waals surface area contributed by atoms with Crippen LogP contribution in [0.1, 0.15) is 11.4 Å². The summed E-state index contributed by atoms with van der Waals surface area (Å²) in [5.74, 6) is 1.02. The maximum atomic E-state index is 13.8. The quantitative estimate of drug-likeness (QED) is 0.612. The highest BCUT2D eigenvalue weighted by atomic mass is 19.1. The highest BCUT2D eigenvalue weighted by Gasteiger charge is 2.13. The van der Waals surface area contributed by atoms with Crippen LogP contribution in [0.4, 0.5) is 16.0 Å². The highest BCUT2D eigenvalue weighted by molar-refractivity contribution is 5.92. The van der Waals surface area contributed by atoms with Crippen LogP contribution in [0, 0.1) is 19.7 Å². The van der Waals surface area contributed by atoms with Crippen LogP contribution in [-0.4, -0.2) is 19.6 Å². The van der Waals surface area contributed by atoms with Crippen molar-refractivity contribution in [2.45, 2.75) is 13.8 Å². The Hall–Kier alpha value is -3.02. The Balaban J connectivity index is 1.93. The molecule has 2 aromatic heterocycles. The molecule has 0 aliphatic heterocycles. The van der Waals surface area contributed by atoms with E-state index in [1.54, 1.807) is 13.0 Å². The van der Waals surface area contributed by atoms with Crippen LogP contribution in [-0.2, 0) is 0 Å². The van der Waals surface area contributed by atoms with Gasteiger partial charge in [0.25, 0.3) is 0 Å². The van der Waals surface area contributed by atoms with Gasteiger partial charge in [-0.05, 0) is 43.7 Å². The molecule has 5 nitrogen and oxygen atoms in total. The Bertz CT molecular complexity index is 1040. The standard InChI is InChI=1S/C17H14FN5/c1-10-7-8-12(9-14(10)18)19-17-20-15-6-4-3-5-13(15)16-22-21-11(2)23(16)17/h3-9H,1-2H3,(H,19,20). The summed E-state index contributed by atoms with van der Waals surface area (Å²) in [6.45, 7) is 3.59. The van der Waals surface area contributed by atoms with E-state index in [2.05, 4.69) is 20.5 Å². The van der Waals surface area contributed by atoms with Gasteiger partial charge >= 0.3 is 0 Å². The third-order valence-electron chi connectivity index (χ3n) is 3.84. The highest BCUT2D eigenvalue weighted by Crippen LogP contribution is 2.24. The van der Waals surface area contributed by atoms with E-state index in [9.17, 15) is 4.39 Å². The largest absolute Gasteiger partial charge is 0.325 e. The molecule has 0 aliphatic carbocycles. The molecule has 0 radical (unpaired) electrons. The molecule has 0 bridgehead atoms. The number of para-hydroxylation sites is 1. The molecule has 23 heavy (non-hydrogen) atoms. The van der Waals surface area contributed by atoms with Crippen LogP contribution in [0.15, 0.2) is 42.5 Å². The zero-order valence-corrected chi connectivity index (χ0v) is 12.7. The summed E-state index contributed by atoms with van der Waals surface area (Å²) in [5, 5.41) is 12.5. The number of anilines is 2. The predicted octanol–water partition coefficient (Wildman–Crippen LogP) is 3.78. The fraction of sp³-hybridized carbons (Fsp3) is 0.118. The van der Waals surface area contributed by atoms with E-state index in [4.69, 9.17) is 0 Å². The number of fused-ring (bicyclic) bond motifs is 3. The lowest BCUT2D eigenvalue weighted by molar-refractivity contribution is 0.619. The van der Waals surface area contributed by atoms with Gasteiger partial charge in [-0.1, -0.05) is 18.2 Å². The minimum atomic E-state index is -0.257. The molecular formula is C17H14FN5. The van der Waals surface area contributed by atoms with Crippen LogP contribution >= 0.6 is 0 Å². The summed E-state index contributed by atoms with van der Waals surface area (Å²) in [6, 6.07) is 12.7. The van der Waals surface area contributed by atoms with Gasteiger partial charge in [0, 0.05) is 11.1 Å². The number of hydrogen-bond acceptors (Lipinski definition) is 4. The molecule has 4 rings (SSSR count). The molecule has 0 amide bonds. The van der Waals surface area contributed by atoms with E-state index >= 15 is 0 Å². The van der Waals surface area contributed by atoms with Crippen molar-refractivity contribution < 1.29 is 4.39 Å². The molecule has 2 aromatic carbocycles. The van der Waals surface area contributed by atoms with E-state index in [-0.39, 0.29) is 5.82 Å². The van der Waals surface area contributed by atoms with Gasteiger partial charge in [-0.2, -0.15) is 0 Å². The van der Waals surface area contributed by atoms with Gasteiger partial charge in [0.1, 0.15) is 11.6 Å². The second-order valence-corrected chi connectivity index (χ2v) is 5.45. The number of aromatic nitrogens is 4. The molecule has 114 valence electrons. The van der Waals surface area contributed by atoms with Crippen molar-refractivity contribution in [3.05, 3.63) is 59.7 Å². The molecule has 6 heteroatoms. The van der Waals surface area contributed by atoms with Gasteiger partial charge in [-0.15, -0.1) is 10.2 Å². The molecule has 0 unspecified atom stereocenters. The van der Waals surface area contributed by atoms with Crippen LogP contribution in [0.25, 0.3) is 16.6 Å². The Morgan fingerprint density at radius 1 is 1.04 bits per heavy atom. The lowest BCUT2D eigenvalue weighted by atomic mass is 10.2. The van der Waals surface area contributed by atoms with E-state index in [0.29, 0.717) is 23.0 Å². The lowest BCUT2D eigenvalue weighted by Gasteiger charge is -2.11. The molecule has 4 aromatic rings. The second kappa shape index (κ2) is 5.01. The van der Waals surface area contributed by atoms with E-state index in [1.807, 2.05) is 41.7 Å². The van der Waals surface area contributed by atoms with Crippen LogP contribution in [0.2, 0.25) is 0 Å². The minimum absolute atomic E-state index is 0.257. The Morgan fingerprint density at radius 3 is 2.70 bits per heavy atom. The molecule has 0 aliphatic rings. The maximum absolute atomic E-state index is 13.8. The second-order valence-electron chi connectivity index (χ2n) is 5.45. The summed E-state index contributed by atoms with van der Waals surface area (Å²) >= 11 is 0. The fourth-order valence-electron chi connectivity index (χ4n) is 2.60. The molecule has 0 spiro atoms. The van der Waals surface area contributed by atoms with Crippen LogP contribution in [0.5, 0.6) is 0 Å². The molecule has 0 fully saturated rings. The SMILES string of the molecule is Cc1ccc(Nc2nc3ccccc3c3nnc(C)n23)cc1F. The summed E-state index contributed by atoms with van der Waals surface area (Å²) in [6.07, 6.45) is 0. The molecule has 1 N–H and O–H groups in total. The van der Waals surface area contributed by atoms with Crippen molar-refractivity contribution >= 4 is 28.2 Å². The maximum Gasteiger partial charge on any atom is 0.215 e. The fourth-order valence-corrected chi connectivity index (χ4v) is 2.60. The third-order valence-corrected chi connectivity index (χ3v) is 3.84. The van der Waals surface area contributed by atoms with Gasteiger partial charge in [0.2, 0.25) is 5.95 Å².